The molecule has 0 bridgehead atoms. The average Bonchev–Trinajstić information content (AvgIpc) is 2.98. The van der Waals surface area contributed by atoms with E-state index in [1.165, 1.54) is 5.69 Å². The van der Waals surface area contributed by atoms with Gasteiger partial charge in [-0.1, -0.05) is 6.92 Å². The van der Waals surface area contributed by atoms with Gasteiger partial charge in [-0.05, 0) is 51.0 Å². The fourth-order valence-electron chi connectivity index (χ4n) is 3.26. The first-order valence-electron chi connectivity index (χ1n) is 10.2. The molecule has 0 amide bonds. The van der Waals surface area contributed by atoms with E-state index in [2.05, 4.69) is 45.3 Å². The molecular formula is C20H38IN5O2. The third-order valence-corrected chi connectivity index (χ3v) is 4.88. The predicted molar refractivity (Wildman–Crippen MR) is 125 cm³/mol. The number of halogens is 1. The number of nitrogens with zero attached hydrogens (tertiary/aromatic N) is 3. The molecule has 2 N–H and O–H groups in total. The lowest BCUT2D eigenvalue weighted by Crippen LogP contribution is -2.40. The second-order valence-electron chi connectivity index (χ2n) is 7.58. The predicted octanol–water partition coefficient (Wildman–Crippen LogP) is 2.75. The largest absolute Gasteiger partial charge is 0.381 e. The van der Waals surface area contributed by atoms with Crippen molar-refractivity contribution >= 4 is 29.9 Å². The second-order valence-corrected chi connectivity index (χ2v) is 7.58. The van der Waals surface area contributed by atoms with Crippen LogP contribution in [0.4, 0.5) is 0 Å². The molecule has 0 saturated carbocycles. The van der Waals surface area contributed by atoms with Crippen LogP contribution < -0.4 is 10.6 Å². The number of hydrogen-bond donors (Lipinski definition) is 2. The standard InChI is InChI=1S/C20H37N5O2.HI/c1-16(14-25-18(3)12-17(2)24-25)13-23-20(21-4)22-8-5-9-27-15-19-6-10-26-11-7-19;/h12,16,19H,5-11,13-15H2,1-4H3,(H2,21,22,23);1H. The van der Waals surface area contributed by atoms with E-state index in [4.69, 9.17) is 9.47 Å². The van der Waals surface area contributed by atoms with Gasteiger partial charge in [0.1, 0.15) is 0 Å². The van der Waals surface area contributed by atoms with E-state index >= 15 is 0 Å². The van der Waals surface area contributed by atoms with Gasteiger partial charge in [-0.2, -0.15) is 5.10 Å². The minimum atomic E-state index is 0. The van der Waals surface area contributed by atoms with Crippen molar-refractivity contribution in [2.75, 3.05) is 46.6 Å². The summed E-state index contributed by atoms with van der Waals surface area (Å²) in [4.78, 5) is 4.30. The van der Waals surface area contributed by atoms with Gasteiger partial charge >= 0.3 is 0 Å². The summed E-state index contributed by atoms with van der Waals surface area (Å²) in [5.41, 5.74) is 2.28. The minimum absolute atomic E-state index is 0. The zero-order valence-electron chi connectivity index (χ0n) is 17.9. The average molecular weight is 507 g/mol. The van der Waals surface area contributed by atoms with Crippen molar-refractivity contribution in [2.45, 2.75) is 46.6 Å². The Hall–Kier alpha value is -0.870. The summed E-state index contributed by atoms with van der Waals surface area (Å²) in [5, 5.41) is 11.3. The quantitative estimate of drug-likeness (QED) is 0.221. The van der Waals surface area contributed by atoms with E-state index in [1.807, 2.05) is 14.0 Å². The lowest BCUT2D eigenvalue weighted by molar-refractivity contribution is 0.0203. The highest BCUT2D eigenvalue weighted by molar-refractivity contribution is 14.0. The van der Waals surface area contributed by atoms with Crippen LogP contribution >= 0.6 is 24.0 Å². The van der Waals surface area contributed by atoms with Crippen LogP contribution in [0.25, 0.3) is 0 Å². The van der Waals surface area contributed by atoms with E-state index in [0.29, 0.717) is 11.8 Å². The first kappa shape index (κ1) is 25.2. The molecule has 1 aliphatic heterocycles. The highest BCUT2D eigenvalue weighted by atomic mass is 127. The minimum Gasteiger partial charge on any atom is -0.381 e. The van der Waals surface area contributed by atoms with Crippen LogP contribution in [0.1, 0.15) is 37.6 Å². The third-order valence-electron chi connectivity index (χ3n) is 4.88. The van der Waals surface area contributed by atoms with Crippen LogP contribution in [0.5, 0.6) is 0 Å². The molecule has 1 atom stereocenters. The lowest BCUT2D eigenvalue weighted by Gasteiger charge is -2.21. The Morgan fingerprint density at radius 1 is 1.36 bits per heavy atom. The fourth-order valence-corrected chi connectivity index (χ4v) is 3.26. The Morgan fingerprint density at radius 2 is 2.11 bits per heavy atom. The van der Waals surface area contributed by atoms with Crippen LogP contribution in [0.15, 0.2) is 11.1 Å². The van der Waals surface area contributed by atoms with Gasteiger partial charge in [0.25, 0.3) is 0 Å². The van der Waals surface area contributed by atoms with Crippen molar-refractivity contribution in [2.24, 2.45) is 16.8 Å². The second kappa shape index (κ2) is 14.2. The molecule has 0 spiro atoms. The van der Waals surface area contributed by atoms with Gasteiger partial charge in [0, 0.05) is 58.8 Å². The van der Waals surface area contributed by atoms with Crippen LogP contribution in [0, 0.1) is 25.7 Å². The molecule has 1 fully saturated rings. The SMILES string of the molecule is CN=C(NCCCOCC1CCOCC1)NCC(C)Cn1nc(C)cc1C.I. The van der Waals surface area contributed by atoms with E-state index in [9.17, 15) is 0 Å². The van der Waals surface area contributed by atoms with Gasteiger partial charge in [-0.3, -0.25) is 9.67 Å². The van der Waals surface area contributed by atoms with Crippen molar-refractivity contribution in [1.29, 1.82) is 0 Å². The third kappa shape index (κ3) is 9.56. The number of ether oxygens (including phenoxy) is 2. The van der Waals surface area contributed by atoms with Gasteiger partial charge < -0.3 is 20.1 Å². The summed E-state index contributed by atoms with van der Waals surface area (Å²) in [6, 6.07) is 2.12. The van der Waals surface area contributed by atoms with Gasteiger partial charge in [0.2, 0.25) is 0 Å². The molecule has 28 heavy (non-hydrogen) atoms. The van der Waals surface area contributed by atoms with E-state index < -0.39 is 0 Å². The van der Waals surface area contributed by atoms with Crippen molar-refractivity contribution in [3.63, 3.8) is 0 Å². The fraction of sp³-hybridized carbons (Fsp3) is 0.800. The number of nitrogens with one attached hydrogen (secondary N) is 2. The zero-order valence-corrected chi connectivity index (χ0v) is 20.2. The normalized spacial score (nSPS) is 16.5. The Labute approximate surface area is 187 Å². The molecule has 1 aromatic rings. The van der Waals surface area contributed by atoms with Gasteiger partial charge in [0.15, 0.2) is 5.96 Å². The van der Waals surface area contributed by atoms with E-state index in [-0.39, 0.29) is 24.0 Å². The van der Waals surface area contributed by atoms with Crippen LogP contribution in [0.2, 0.25) is 0 Å². The van der Waals surface area contributed by atoms with Crippen molar-refractivity contribution in [1.82, 2.24) is 20.4 Å². The van der Waals surface area contributed by atoms with Crippen molar-refractivity contribution < 1.29 is 9.47 Å². The monoisotopic (exact) mass is 507 g/mol. The maximum atomic E-state index is 5.80. The molecular weight excluding hydrogens is 469 g/mol. The summed E-state index contributed by atoms with van der Waals surface area (Å²) in [5.74, 6) is 1.98. The topological polar surface area (TPSA) is 72.7 Å². The van der Waals surface area contributed by atoms with Gasteiger partial charge in [-0.15, -0.1) is 24.0 Å². The van der Waals surface area contributed by atoms with Crippen LogP contribution in [-0.4, -0.2) is 62.3 Å². The summed E-state index contributed by atoms with van der Waals surface area (Å²) in [6.45, 7) is 12.4. The van der Waals surface area contributed by atoms with E-state index in [0.717, 1.165) is 77.0 Å². The van der Waals surface area contributed by atoms with Crippen molar-refractivity contribution in [3.8, 4) is 0 Å². The summed E-state index contributed by atoms with van der Waals surface area (Å²) >= 11 is 0. The highest BCUT2D eigenvalue weighted by Gasteiger charge is 2.13. The lowest BCUT2D eigenvalue weighted by atomic mass is 10.0. The number of rotatable bonds is 10. The number of aryl methyl sites for hydroxylation is 2. The smallest absolute Gasteiger partial charge is 0.190 e. The Morgan fingerprint density at radius 3 is 2.75 bits per heavy atom. The molecule has 1 saturated heterocycles. The van der Waals surface area contributed by atoms with Crippen molar-refractivity contribution in [3.05, 3.63) is 17.5 Å². The molecule has 7 nitrogen and oxygen atoms in total. The first-order chi connectivity index (χ1) is 13.1. The van der Waals surface area contributed by atoms with Gasteiger partial charge in [-0.25, -0.2) is 0 Å². The number of aromatic nitrogens is 2. The molecule has 1 unspecified atom stereocenters. The molecule has 8 heteroatoms. The summed E-state index contributed by atoms with van der Waals surface area (Å²) in [7, 11) is 1.81. The number of guanidine groups is 1. The van der Waals surface area contributed by atoms with Crippen LogP contribution in [-0.2, 0) is 16.0 Å². The Kier molecular flexibility index (Phi) is 12.7. The molecule has 1 aromatic heterocycles. The first-order valence-corrected chi connectivity index (χ1v) is 10.2. The zero-order chi connectivity index (χ0) is 19.5. The summed E-state index contributed by atoms with van der Waals surface area (Å²) in [6.07, 6.45) is 3.24. The Balaban J connectivity index is 0.00000392. The number of hydrogen-bond acceptors (Lipinski definition) is 4. The summed E-state index contributed by atoms with van der Waals surface area (Å²) < 4.78 is 13.3. The maximum Gasteiger partial charge on any atom is 0.190 e. The highest BCUT2D eigenvalue weighted by Crippen LogP contribution is 2.14. The number of aliphatic imine (C=N–C) groups is 1. The van der Waals surface area contributed by atoms with Crippen LogP contribution in [0.3, 0.4) is 0 Å². The Bertz CT molecular complexity index is 573. The molecule has 2 rings (SSSR count). The van der Waals surface area contributed by atoms with E-state index in [1.54, 1.807) is 0 Å². The molecule has 162 valence electrons. The maximum absolute atomic E-state index is 5.80. The van der Waals surface area contributed by atoms with Gasteiger partial charge in [0.05, 0.1) is 5.69 Å². The molecule has 0 aromatic carbocycles. The molecule has 2 heterocycles. The molecule has 1 aliphatic rings. The molecule has 0 aliphatic carbocycles. The molecule has 0 radical (unpaired) electrons.